The second-order valence-electron chi connectivity index (χ2n) is 2.56. The summed E-state index contributed by atoms with van der Waals surface area (Å²) in [6.45, 7) is 4.80. The predicted octanol–water partition coefficient (Wildman–Crippen LogP) is 0.249. The summed E-state index contributed by atoms with van der Waals surface area (Å²) in [5.74, 6) is -0.966. The average Bonchev–Trinajstić information content (AvgIpc) is 1.95. The summed E-state index contributed by atoms with van der Waals surface area (Å²) in [6, 6.07) is 0. The largest absolute Gasteiger partial charge is 0.462 e. The molecule has 0 aliphatic rings. The first kappa shape index (κ1) is 17.2. The fraction of sp³-hybridized carbons (Fsp3) is 0.571. The van der Waals surface area contributed by atoms with Crippen molar-refractivity contribution in [3.63, 3.8) is 0 Å². The maximum atomic E-state index is 10.7. The molecule has 0 aliphatic heterocycles. The molecule has 7 heteroatoms. The van der Waals surface area contributed by atoms with Crippen LogP contribution in [0.3, 0.4) is 0 Å². The number of ether oxygens (including phenoxy) is 1. The van der Waals surface area contributed by atoms with E-state index in [1.54, 1.807) is 0 Å². The van der Waals surface area contributed by atoms with Crippen LogP contribution in [-0.2, 0) is 19.6 Å². The summed E-state index contributed by atoms with van der Waals surface area (Å²) in [7, 11) is -3.96. The van der Waals surface area contributed by atoms with Gasteiger partial charge in [-0.15, -0.1) is 0 Å². The van der Waals surface area contributed by atoms with Gasteiger partial charge in [0.15, 0.2) is 0 Å². The van der Waals surface area contributed by atoms with Crippen LogP contribution in [0.4, 0.5) is 0 Å². The van der Waals surface area contributed by atoms with Gasteiger partial charge in [-0.3, -0.25) is 4.55 Å². The van der Waals surface area contributed by atoms with Crippen molar-refractivity contribution in [1.82, 2.24) is 0 Å². The van der Waals surface area contributed by atoms with Gasteiger partial charge in [0.2, 0.25) is 0 Å². The van der Waals surface area contributed by atoms with E-state index in [1.165, 1.54) is 6.92 Å². The molecule has 0 aromatic carbocycles. The van der Waals surface area contributed by atoms with E-state index in [2.05, 4.69) is 11.3 Å². The van der Waals surface area contributed by atoms with E-state index in [0.29, 0.717) is 0 Å². The van der Waals surface area contributed by atoms with Gasteiger partial charge < -0.3 is 4.74 Å². The number of rotatable bonds is 5. The van der Waals surface area contributed by atoms with Crippen LogP contribution in [0.25, 0.3) is 0 Å². The van der Waals surface area contributed by atoms with Crippen molar-refractivity contribution >= 4 is 67.5 Å². The molecule has 0 rings (SSSR count). The zero-order valence-electron chi connectivity index (χ0n) is 8.32. The molecule has 79 valence electrons. The first-order valence-corrected chi connectivity index (χ1v) is 5.21. The molecule has 0 aromatic heterocycles. The van der Waals surface area contributed by atoms with Crippen molar-refractivity contribution in [3.8, 4) is 0 Å². The second-order valence-corrected chi connectivity index (χ2v) is 4.13. The maximum absolute atomic E-state index is 10.7. The standard InChI is InChI=1S/C7H12O5S.K.H2/c1-6(2)7(8)12-4-3-5-13(9,10)11;;/h1,3-5H2,2H3,(H,9,10,11);;1H. The number of esters is 1. The Kier molecular flexibility index (Phi) is 9.77. The minimum absolute atomic E-state index is 0. The van der Waals surface area contributed by atoms with Gasteiger partial charge in [-0.1, -0.05) is 6.58 Å². The third-order valence-corrected chi connectivity index (χ3v) is 1.93. The van der Waals surface area contributed by atoms with E-state index in [1.807, 2.05) is 0 Å². The zero-order valence-corrected chi connectivity index (χ0v) is 12.3. The molecule has 0 fully saturated rings. The molecular weight excluding hydrogens is 235 g/mol. The molecule has 0 saturated carbocycles. The monoisotopic (exact) mass is 249 g/mol. The smallest absolute Gasteiger partial charge is 0.333 e. The molecule has 0 bridgehead atoms. The van der Waals surface area contributed by atoms with Crippen LogP contribution in [-0.4, -0.2) is 82.7 Å². The zero-order chi connectivity index (χ0) is 10.5. The molecule has 0 unspecified atom stereocenters. The Balaban J connectivity index is -0.000000720. The first-order valence-electron chi connectivity index (χ1n) is 3.61. The van der Waals surface area contributed by atoms with E-state index >= 15 is 0 Å². The molecule has 0 aromatic rings. The van der Waals surface area contributed by atoms with E-state index in [0.717, 1.165) is 0 Å². The van der Waals surface area contributed by atoms with Crippen molar-refractivity contribution in [3.05, 3.63) is 12.2 Å². The summed E-state index contributed by atoms with van der Waals surface area (Å²) in [5.41, 5.74) is 0.256. The van der Waals surface area contributed by atoms with Gasteiger partial charge in [-0.05, 0) is 13.3 Å². The normalized spacial score (nSPS) is 10.1. The van der Waals surface area contributed by atoms with Gasteiger partial charge >= 0.3 is 5.97 Å². The fourth-order valence-electron chi connectivity index (χ4n) is 0.529. The van der Waals surface area contributed by atoms with Crippen molar-refractivity contribution in [2.75, 3.05) is 12.4 Å². The molecule has 14 heavy (non-hydrogen) atoms. The maximum Gasteiger partial charge on any atom is 0.333 e. The number of hydrogen-bond acceptors (Lipinski definition) is 4. The Labute approximate surface area is 128 Å². The third-order valence-electron chi connectivity index (χ3n) is 1.13. The predicted molar refractivity (Wildman–Crippen MR) is 54.7 cm³/mol. The van der Waals surface area contributed by atoms with Crippen molar-refractivity contribution < 1.29 is 23.9 Å². The molecule has 1 N–H and O–H groups in total. The Morgan fingerprint density at radius 1 is 1.57 bits per heavy atom. The Bertz CT molecular complexity index is 301. The average molecular weight is 249 g/mol. The van der Waals surface area contributed by atoms with Crippen LogP contribution in [0.2, 0.25) is 0 Å². The van der Waals surface area contributed by atoms with E-state index < -0.39 is 21.8 Å². The van der Waals surface area contributed by atoms with E-state index in [9.17, 15) is 13.2 Å². The van der Waals surface area contributed by atoms with Crippen LogP contribution in [0.15, 0.2) is 12.2 Å². The van der Waals surface area contributed by atoms with Crippen LogP contribution in [0, 0.1) is 0 Å². The summed E-state index contributed by atoms with van der Waals surface area (Å²) < 4.78 is 33.3. The molecule has 0 spiro atoms. The Hall–Kier alpha value is 0.756. The Morgan fingerprint density at radius 3 is 2.43 bits per heavy atom. The first-order chi connectivity index (χ1) is 5.83. The van der Waals surface area contributed by atoms with Crippen LogP contribution >= 0.6 is 0 Å². The number of carbonyl (C=O) groups excluding carboxylic acids is 1. The van der Waals surface area contributed by atoms with Crippen LogP contribution in [0.5, 0.6) is 0 Å². The van der Waals surface area contributed by atoms with Gasteiger partial charge in [0.1, 0.15) is 0 Å². The van der Waals surface area contributed by atoms with Crippen molar-refractivity contribution in [2.45, 2.75) is 13.3 Å². The molecule has 5 nitrogen and oxygen atoms in total. The van der Waals surface area contributed by atoms with Crippen molar-refractivity contribution in [1.29, 1.82) is 0 Å². The quantitative estimate of drug-likeness (QED) is 0.248. The second kappa shape index (κ2) is 7.97. The van der Waals surface area contributed by atoms with Crippen LogP contribution in [0.1, 0.15) is 14.8 Å². The van der Waals surface area contributed by atoms with Gasteiger partial charge in [0.05, 0.1) is 12.4 Å². The van der Waals surface area contributed by atoms with E-state index in [-0.39, 0.29) is 71.4 Å². The van der Waals surface area contributed by atoms with Gasteiger partial charge in [0.25, 0.3) is 10.1 Å². The molecule has 0 heterocycles. The minimum Gasteiger partial charge on any atom is -0.462 e. The summed E-state index contributed by atoms with van der Waals surface area (Å²) in [5, 5.41) is 0. The third kappa shape index (κ3) is 10.8. The van der Waals surface area contributed by atoms with Crippen molar-refractivity contribution in [2.24, 2.45) is 0 Å². The summed E-state index contributed by atoms with van der Waals surface area (Å²) >= 11 is 0. The van der Waals surface area contributed by atoms with Gasteiger partial charge in [-0.25, -0.2) is 4.79 Å². The molecule has 1 radical (unpaired) electrons. The number of hydrogen-bond donors (Lipinski definition) is 1. The minimum atomic E-state index is -3.96. The van der Waals surface area contributed by atoms with Gasteiger partial charge in [-0.2, -0.15) is 8.42 Å². The van der Waals surface area contributed by atoms with Gasteiger partial charge in [0, 0.05) is 58.4 Å². The van der Waals surface area contributed by atoms with E-state index in [4.69, 9.17) is 4.55 Å². The fourth-order valence-corrected chi connectivity index (χ4v) is 1.01. The topological polar surface area (TPSA) is 80.7 Å². The summed E-state index contributed by atoms with van der Waals surface area (Å²) in [4.78, 5) is 10.7. The molecular formula is C7H14KO5S. The Morgan fingerprint density at radius 2 is 2.07 bits per heavy atom. The molecule has 0 amide bonds. The molecule has 0 atom stereocenters. The van der Waals surface area contributed by atoms with Crippen LogP contribution < -0.4 is 0 Å². The number of carbonyl (C=O) groups is 1. The summed E-state index contributed by atoms with van der Waals surface area (Å²) in [6.07, 6.45) is 0.0812. The molecule has 0 saturated heterocycles. The SMILES string of the molecule is C=C(C)C(=O)OCCCS(=O)(=O)O.[HH].[K]. The molecule has 0 aliphatic carbocycles.